The summed E-state index contributed by atoms with van der Waals surface area (Å²) in [4.78, 5) is 16.4. The number of carbonyl (C=O) groups is 1. The number of piperidine rings is 1. The predicted octanol–water partition coefficient (Wildman–Crippen LogP) is 6.44. The van der Waals surface area contributed by atoms with Crippen molar-refractivity contribution in [3.8, 4) is 0 Å². The van der Waals surface area contributed by atoms with Crippen LogP contribution in [0, 0.1) is 5.41 Å². The number of likely N-dealkylation sites (tertiary alicyclic amines) is 1. The lowest BCUT2D eigenvalue weighted by Gasteiger charge is -2.46. The van der Waals surface area contributed by atoms with E-state index in [1.54, 1.807) is 0 Å². The average molecular weight is 516 g/mol. The number of β-amino-alcohol motifs (C(OH)–C–C–N with tert-alkyl or cyclic N) is 1. The van der Waals surface area contributed by atoms with Crippen molar-refractivity contribution in [2.24, 2.45) is 5.41 Å². The highest BCUT2D eigenvalue weighted by molar-refractivity contribution is 6.10. The molecule has 204 valence electrons. The number of benzene rings is 2. The predicted molar refractivity (Wildman–Crippen MR) is 154 cm³/mol. The molecule has 0 unspecified atom stereocenters. The molecule has 3 aliphatic carbocycles. The molecule has 4 aliphatic rings. The van der Waals surface area contributed by atoms with Crippen molar-refractivity contribution >= 4 is 5.78 Å². The minimum atomic E-state index is -0.796. The molecule has 1 aliphatic heterocycles. The van der Waals surface area contributed by atoms with Gasteiger partial charge in [-0.05, 0) is 101 Å². The maximum atomic E-state index is 13.9. The zero-order valence-corrected chi connectivity index (χ0v) is 23.3. The minimum Gasteiger partial charge on any atom is -0.393 e. The lowest BCUT2D eigenvalue weighted by atomic mass is 9.64. The number of ketones is 1. The molecule has 0 spiro atoms. The van der Waals surface area contributed by atoms with Gasteiger partial charge in [-0.2, -0.15) is 0 Å². The van der Waals surface area contributed by atoms with Gasteiger partial charge in [0.15, 0.2) is 5.78 Å². The fourth-order valence-electron chi connectivity index (χ4n) is 7.43. The Kier molecular flexibility index (Phi) is 8.23. The fourth-order valence-corrected chi connectivity index (χ4v) is 7.43. The highest BCUT2D eigenvalue weighted by Crippen LogP contribution is 2.59. The molecule has 1 saturated carbocycles. The van der Waals surface area contributed by atoms with Crippen molar-refractivity contribution in [2.45, 2.75) is 95.7 Å². The zero-order valence-electron chi connectivity index (χ0n) is 23.3. The van der Waals surface area contributed by atoms with E-state index in [4.69, 9.17) is 0 Å². The van der Waals surface area contributed by atoms with Crippen LogP contribution in [0.5, 0.6) is 0 Å². The summed E-state index contributed by atoms with van der Waals surface area (Å²) in [5, 5.41) is 23.2. The molecule has 2 aromatic rings. The molecule has 1 saturated heterocycles. The fraction of sp³-hybridized carbons (Fsp3) is 0.559. The van der Waals surface area contributed by atoms with Crippen LogP contribution in [0.4, 0.5) is 0 Å². The minimum absolute atomic E-state index is 0.0357. The molecule has 2 aromatic carbocycles. The summed E-state index contributed by atoms with van der Waals surface area (Å²) in [6.45, 7) is 7.30. The van der Waals surface area contributed by atoms with E-state index in [0.717, 1.165) is 68.4 Å². The Balaban J connectivity index is 1.59. The topological polar surface area (TPSA) is 60.8 Å². The SMILES string of the molecule is CC1=CCC[C@@]2(C)[C@@H](CC[C@@]2(O)CN2CCCCC2)c2ccc(cc2C(=O)c2ccccc2)C[C@@H](O)CC1. The Bertz CT molecular complexity index is 1150. The van der Waals surface area contributed by atoms with Gasteiger partial charge in [-0.1, -0.05) is 67.5 Å². The lowest BCUT2D eigenvalue weighted by molar-refractivity contribution is -0.0857. The second kappa shape index (κ2) is 11.5. The molecule has 4 nitrogen and oxygen atoms in total. The summed E-state index contributed by atoms with van der Waals surface area (Å²) < 4.78 is 0. The van der Waals surface area contributed by atoms with E-state index >= 15 is 0 Å². The van der Waals surface area contributed by atoms with Gasteiger partial charge < -0.3 is 15.1 Å². The molecule has 0 aromatic heterocycles. The number of allylic oxidation sites excluding steroid dienone is 2. The van der Waals surface area contributed by atoms with E-state index in [1.807, 2.05) is 36.4 Å². The van der Waals surface area contributed by atoms with E-state index < -0.39 is 11.7 Å². The van der Waals surface area contributed by atoms with Crippen LogP contribution >= 0.6 is 0 Å². The summed E-state index contributed by atoms with van der Waals surface area (Å²) in [7, 11) is 0. The van der Waals surface area contributed by atoms with Crippen LogP contribution in [-0.4, -0.2) is 52.2 Å². The molecule has 4 atom stereocenters. The molecular formula is C34H45NO3. The normalized spacial score (nSPS) is 30.9. The average Bonchev–Trinajstić information content (AvgIpc) is 3.17. The molecule has 4 heteroatoms. The van der Waals surface area contributed by atoms with Gasteiger partial charge in [-0.3, -0.25) is 4.79 Å². The van der Waals surface area contributed by atoms with E-state index in [2.05, 4.69) is 37.0 Å². The molecule has 0 radical (unpaired) electrons. The first-order chi connectivity index (χ1) is 18.3. The van der Waals surface area contributed by atoms with Crippen molar-refractivity contribution in [1.29, 1.82) is 0 Å². The molecule has 0 amide bonds. The highest BCUT2D eigenvalue weighted by Gasteiger charge is 2.57. The Morgan fingerprint density at radius 3 is 2.55 bits per heavy atom. The summed E-state index contributed by atoms with van der Waals surface area (Å²) in [5.74, 6) is 0.129. The van der Waals surface area contributed by atoms with E-state index in [9.17, 15) is 15.0 Å². The van der Waals surface area contributed by atoms with Gasteiger partial charge in [0.05, 0.1) is 11.7 Å². The number of aliphatic hydroxyl groups excluding tert-OH is 1. The largest absolute Gasteiger partial charge is 0.393 e. The third-order valence-corrected chi connectivity index (χ3v) is 9.89. The molecule has 2 N–H and O–H groups in total. The Hall–Kier alpha value is -2.27. The monoisotopic (exact) mass is 515 g/mol. The number of aliphatic hydroxyl groups is 2. The summed E-state index contributed by atoms with van der Waals surface area (Å²) in [6, 6.07) is 15.8. The number of nitrogens with zero attached hydrogens (tertiary/aromatic N) is 1. The van der Waals surface area contributed by atoms with Crippen molar-refractivity contribution in [3.63, 3.8) is 0 Å². The molecule has 38 heavy (non-hydrogen) atoms. The van der Waals surface area contributed by atoms with Crippen molar-refractivity contribution < 1.29 is 15.0 Å². The quantitative estimate of drug-likeness (QED) is 0.363. The number of fused-ring (bicyclic) bond motifs is 8. The van der Waals surface area contributed by atoms with E-state index in [1.165, 1.54) is 24.8 Å². The summed E-state index contributed by atoms with van der Waals surface area (Å²) >= 11 is 0. The molecule has 2 fully saturated rings. The molecular weight excluding hydrogens is 470 g/mol. The van der Waals surface area contributed by atoms with Crippen molar-refractivity contribution in [1.82, 2.24) is 4.90 Å². The molecule has 6 rings (SSSR count). The number of hydrogen-bond acceptors (Lipinski definition) is 4. The third-order valence-electron chi connectivity index (χ3n) is 9.89. The first-order valence-electron chi connectivity index (χ1n) is 14.8. The Morgan fingerprint density at radius 2 is 1.79 bits per heavy atom. The van der Waals surface area contributed by atoms with Gasteiger partial charge in [0.2, 0.25) is 0 Å². The summed E-state index contributed by atoms with van der Waals surface area (Å²) in [5.41, 5.74) is 3.66. The second-order valence-corrected chi connectivity index (χ2v) is 12.5. The Morgan fingerprint density at radius 1 is 1.03 bits per heavy atom. The number of carbonyl (C=O) groups excluding carboxylic acids is 1. The van der Waals surface area contributed by atoms with Crippen LogP contribution in [-0.2, 0) is 6.42 Å². The van der Waals surface area contributed by atoms with Crippen molar-refractivity contribution in [3.05, 3.63) is 82.4 Å². The van der Waals surface area contributed by atoms with E-state index in [-0.39, 0.29) is 17.1 Å². The standard InChI is InChI=1S/C34H45NO3/c1-25-10-9-18-33(2)31(17-19-34(33,38)24-35-20-7-4-8-21-35)29-16-14-26(22-28(36)15-13-25)23-30(29)32(37)27-11-5-3-6-12-27/h3,5-6,10-12,14,16,23,28,31,36,38H,4,7-9,13,15,17-22,24H2,1-2H3/t28-,31-,33-,34+/m0/s1. The third kappa shape index (κ3) is 5.54. The van der Waals surface area contributed by atoms with Crippen LogP contribution < -0.4 is 0 Å². The number of rotatable bonds is 4. The zero-order chi connectivity index (χ0) is 26.8. The first kappa shape index (κ1) is 27.3. The second-order valence-electron chi connectivity index (χ2n) is 12.5. The Labute approximate surface area is 228 Å². The van der Waals surface area contributed by atoms with Crippen molar-refractivity contribution in [2.75, 3.05) is 19.6 Å². The van der Waals surface area contributed by atoms with Gasteiger partial charge in [0.1, 0.15) is 0 Å². The van der Waals surface area contributed by atoms with Gasteiger partial charge in [-0.25, -0.2) is 0 Å². The van der Waals surface area contributed by atoms with Gasteiger partial charge >= 0.3 is 0 Å². The highest BCUT2D eigenvalue weighted by atomic mass is 16.3. The molecule has 1 heterocycles. The van der Waals surface area contributed by atoms with Gasteiger partial charge in [-0.15, -0.1) is 0 Å². The van der Waals surface area contributed by atoms with Crippen LogP contribution in [0.2, 0.25) is 0 Å². The molecule has 2 bridgehead atoms. The van der Waals surface area contributed by atoms with Gasteiger partial charge in [0.25, 0.3) is 0 Å². The van der Waals surface area contributed by atoms with Crippen LogP contribution in [0.25, 0.3) is 0 Å². The first-order valence-corrected chi connectivity index (χ1v) is 14.8. The van der Waals surface area contributed by atoms with Crippen LogP contribution in [0.3, 0.4) is 0 Å². The van der Waals surface area contributed by atoms with Crippen LogP contribution in [0.1, 0.15) is 105 Å². The lowest BCUT2D eigenvalue weighted by Crippen LogP contribution is -2.53. The van der Waals surface area contributed by atoms with E-state index in [0.29, 0.717) is 18.4 Å². The smallest absolute Gasteiger partial charge is 0.193 e. The summed E-state index contributed by atoms with van der Waals surface area (Å²) in [6.07, 6.45) is 11.1. The van der Waals surface area contributed by atoms with Gasteiger partial charge in [0, 0.05) is 23.1 Å². The van der Waals surface area contributed by atoms with Crippen LogP contribution in [0.15, 0.2) is 60.2 Å². The maximum absolute atomic E-state index is 13.9. The number of hydrogen-bond donors (Lipinski definition) is 2. The maximum Gasteiger partial charge on any atom is 0.193 e.